The van der Waals surface area contributed by atoms with Gasteiger partial charge in [0, 0.05) is 24.5 Å². The molecule has 0 atom stereocenters. The van der Waals surface area contributed by atoms with Crippen LogP contribution in [0.2, 0.25) is 0 Å². The summed E-state index contributed by atoms with van der Waals surface area (Å²) in [5.74, 6) is 0.903. The summed E-state index contributed by atoms with van der Waals surface area (Å²) in [5, 5.41) is 8.11. The molecule has 3 rings (SSSR count). The Morgan fingerprint density at radius 2 is 2.10 bits per heavy atom. The fourth-order valence-corrected chi connectivity index (χ4v) is 2.61. The zero-order chi connectivity index (χ0) is 14.1. The molecule has 1 N–H and O–H groups in total. The van der Waals surface area contributed by atoms with Gasteiger partial charge in [0.1, 0.15) is 0 Å². The van der Waals surface area contributed by atoms with Gasteiger partial charge in [-0.2, -0.15) is 5.10 Å². The van der Waals surface area contributed by atoms with E-state index < -0.39 is 0 Å². The van der Waals surface area contributed by atoms with Gasteiger partial charge in [-0.05, 0) is 50.3 Å². The van der Waals surface area contributed by atoms with E-state index in [9.17, 15) is 0 Å². The fourth-order valence-electron chi connectivity index (χ4n) is 2.61. The lowest BCUT2D eigenvalue weighted by atomic mass is 10.1. The predicted octanol–water partition coefficient (Wildman–Crippen LogP) is 2.70. The lowest BCUT2D eigenvalue weighted by Gasteiger charge is -2.06. The number of aromatic nitrogens is 3. The van der Waals surface area contributed by atoms with Gasteiger partial charge in [0.15, 0.2) is 5.82 Å². The summed E-state index contributed by atoms with van der Waals surface area (Å²) < 4.78 is 1.95. The highest BCUT2D eigenvalue weighted by molar-refractivity contribution is 5.33. The van der Waals surface area contributed by atoms with Crippen molar-refractivity contribution in [2.24, 2.45) is 0 Å². The molecule has 4 heteroatoms. The van der Waals surface area contributed by atoms with Crippen LogP contribution in [0.1, 0.15) is 42.3 Å². The second kappa shape index (κ2) is 5.37. The molecule has 0 aliphatic heterocycles. The summed E-state index contributed by atoms with van der Waals surface area (Å²) >= 11 is 0. The highest BCUT2D eigenvalue weighted by Crippen LogP contribution is 2.20. The first-order valence-corrected chi connectivity index (χ1v) is 7.42. The van der Waals surface area contributed by atoms with Gasteiger partial charge in [0.2, 0.25) is 0 Å². The maximum atomic E-state index is 4.60. The molecule has 1 saturated carbocycles. The molecule has 0 spiro atoms. The molecule has 0 radical (unpaired) electrons. The third-order valence-corrected chi connectivity index (χ3v) is 3.99. The first kappa shape index (κ1) is 13.3. The topological polar surface area (TPSA) is 42.7 Å². The SMILES string of the molecule is CCc1c(C)nn(-c2ccc(CNC3CC3)cn2)c1C. The Bertz CT molecular complexity index is 594. The molecule has 4 nitrogen and oxygen atoms in total. The van der Waals surface area contributed by atoms with E-state index in [1.165, 1.54) is 29.7 Å². The van der Waals surface area contributed by atoms with E-state index in [2.05, 4.69) is 48.3 Å². The zero-order valence-corrected chi connectivity index (χ0v) is 12.5. The van der Waals surface area contributed by atoms with Gasteiger partial charge < -0.3 is 5.32 Å². The molecule has 0 aromatic carbocycles. The number of rotatable bonds is 5. The average Bonchev–Trinajstić information content (AvgIpc) is 3.23. The Morgan fingerprint density at radius 1 is 1.30 bits per heavy atom. The molecule has 1 fully saturated rings. The van der Waals surface area contributed by atoms with E-state index in [0.29, 0.717) is 0 Å². The molecule has 2 aromatic rings. The molecule has 106 valence electrons. The minimum absolute atomic E-state index is 0.734. The Balaban J connectivity index is 1.79. The number of nitrogens with one attached hydrogen (secondary N) is 1. The second-order valence-electron chi connectivity index (χ2n) is 5.59. The van der Waals surface area contributed by atoms with E-state index in [0.717, 1.165) is 30.5 Å². The minimum atomic E-state index is 0.734. The standard InChI is InChI=1S/C16H22N4/c1-4-15-11(2)19-20(12(15)3)16-8-5-13(10-18-16)9-17-14-6-7-14/h5,8,10,14,17H,4,6-7,9H2,1-3H3. The van der Waals surface area contributed by atoms with Crippen LogP contribution in [0.4, 0.5) is 0 Å². The van der Waals surface area contributed by atoms with E-state index in [1.807, 2.05) is 10.9 Å². The quantitative estimate of drug-likeness (QED) is 0.908. The van der Waals surface area contributed by atoms with Crippen LogP contribution in [-0.4, -0.2) is 20.8 Å². The van der Waals surface area contributed by atoms with Crippen molar-refractivity contribution in [3.8, 4) is 5.82 Å². The highest BCUT2D eigenvalue weighted by atomic mass is 15.3. The van der Waals surface area contributed by atoms with Gasteiger partial charge in [-0.25, -0.2) is 9.67 Å². The number of nitrogens with zero attached hydrogens (tertiary/aromatic N) is 3. The molecular formula is C16H22N4. The van der Waals surface area contributed by atoms with Crippen molar-refractivity contribution in [1.29, 1.82) is 0 Å². The Kier molecular flexibility index (Phi) is 3.57. The normalized spacial score (nSPS) is 14.8. The Morgan fingerprint density at radius 3 is 2.65 bits per heavy atom. The molecule has 0 amide bonds. The molecule has 2 heterocycles. The third kappa shape index (κ3) is 2.61. The van der Waals surface area contributed by atoms with Crippen LogP contribution in [0, 0.1) is 13.8 Å². The van der Waals surface area contributed by atoms with Gasteiger partial charge in [0.25, 0.3) is 0 Å². The van der Waals surface area contributed by atoms with Crippen LogP contribution in [0.5, 0.6) is 0 Å². The van der Waals surface area contributed by atoms with Crippen LogP contribution in [0.3, 0.4) is 0 Å². The molecule has 20 heavy (non-hydrogen) atoms. The minimum Gasteiger partial charge on any atom is -0.310 e. The molecule has 2 aromatic heterocycles. The van der Waals surface area contributed by atoms with Crippen LogP contribution in [0.15, 0.2) is 18.3 Å². The zero-order valence-electron chi connectivity index (χ0n) is 12.5. The van der Waals surface area contributed by atoms with Crippen molar-refractivity contribution in [1.82, 2.24) is 20.1 Å². The summed E-state index contributed by atoms with van der Waals surface area (Å²) in [5.41, 5.74) is 4.86. The smallest absolute Gasteiger partial charge is 0.153 e. The van der Waals surface area contributed by atoms with Crippen LogP contribution < -0.4 is 5.32 Å². The van der Waals surface area contributed by atoms with Gasteiger partial charge in [0.05, 0.1) is 5.69 Å². The molecule has 0 saturated heterocycles. The van der Waals surface area contributed by atoms with Crippen LogP contribution in [-0.2, 0) is 13.0 Å². The third-order valence-electron chi connectivity index (χ3n) is 3.99. The van der Waals surface area contributed by atoms with E-state index in [4.69, 9.17) is 0 Å². The van der Waals surface area contributed by atoms with Crippen LogP contribution >= 0.6 is 0 Å². The summed E-state index contributed by atoms with van der Waals surface area (Å²) in [4.78, 5) is 4.56. The lowest BCUT2D eigenvalue weighted by Crippen LogP contribution is -2.15. The Hall–Kier alpha value is -1.68. The van der Waals surface area contributed by atoms with Gasteiger partial charge in [-0.3, -0.25) is 0 Å². The molecule has 1 aliphatic carbocycles. The maximum Gasteiger partial charge on any atom is 0.153 e. The monoisotopic (exact) mass is 270 g/mol. The number of aryl methyl sites for hydroxylation is 1. The van der Waals surface area contributed by atoms with Gasteiger partial charge in [-0.15, -0.1) is 0 Å². The van der Waals surface area contributed by atoms with E-state index in [1.54, 1.807) is 0 Å². The lowest BCUT2D eigenvalue weighted by molar-refractivity contribution is 0.684. The molecule has 1 aliphatic rings. The number of pyridine rings is 1. The fraction of sp³-hybridized carbons (Fsp3) is 0.500. The van der Waals surface area contributed by atoms with Crippen molar-refractivity contribution in [2.45, 2.75) is 52.6 Å². The first-order chi connectivity index (χ1) is 9.69. The predicted molar refractivity (Wildman–Crippen MR) is 80.1 cm³/mol. The first-order valence-electron chi connectivity index (χ1n) is 7.42. The summed E-state index contributed by atoms with van der Waals surface area (Å²) in [7, 11) is 0. The van der Waals surface area contributed by atoms with Gasteiger partial charge >= 0.3 is 0 Å². The Labute approximate surface area is 120 Å². The second-order valence-corrected chi connectivity index (χ2v) is 5.59. The largest absolute Gasteiger partial charge is 0.310 e. The number of hydrogen-bond acceptors (Lipinski definition) is 3. The van der Waals surface area contributed by atoms with E-state index in [-0.39, 0.29) is 0 Å². The molecule has 0 unspecified atom stereocenters. The average molecular weight is 270 g/mol. The molecule has 0 bridgehead atoms. The summed E-state index contributed by atoms with van der Waals surface area (Å²) in [6.07, 6.45) is 5.60. The van der Waals surface area contributed by atoms with Crippen molar-refractivity contribution in [3.63, 3.8) is 0 Å². The van der Waals surface area contributed by atoms with Crippen molar-refractivity contribution in [2.75, 3.05) is 0 Å². The highest BCUT2D eigenvalue weighted by Gasteiger charge is 2.20. The molecular weight excluding hydrogens is 248 g/mol. The van der Waals surface area contributed by atoms with Crippen LogP contribution in [0.25, 0.3) is 5.82 Å². The van der Waals surface area contributed by atoms with Gasteiger partial charge in [-0.1, -0.05) is 13.0 Å². The van der Waals surface area contributed by atoms with Crippen molar-refractivity contribution < 1.29 is 0 Å². The van der Waals surface area contributed by atoms with Crippen molar-refractivity contribution in [3.05, 3.63) is 40.8 Å². The maximum absolute atomic E-state index is 4.60. The van der Waals surface area contributed by atoms with Crippen molar-refractivity contribution >= 4 is 0 Å². The number of hydrogen-bond donors (Lipinski definition) is 1. The summed E-state index contributed by atoms with van der Waals surface area (Å²) in [6.45, 7) is 7.26. The summed E-state index contributed by atoms with van der Waals surface area (Å²) in [6, 6.07) is 4.93. The van der Waals surface area contributed by atoms with E-state index >= 15 is 0 Å².